The topological polar surface area (TPSA) is 145 Å². The van der Waals surface area contributed by atoms with Crippen LogP contribution in [0.1, 0.15) is 23.7 Å². The maximum atomic E-state index is 13.1. The monoisotopic (exact) mass is 579 g/mol. The molecule has 0 aliphatic rings. The summed E-state index contributed by atoms with van der Waals surface area (Å²) in [7, 11) is 2.76. The number of hydrogen-bond donors (Lipinski definition) is 2. The van der Waals surface area contributed by atoms with Crippen molar-refractivity contribution in [2.24, 2.45) is 7.05 Å². The molecular weight excluding hydrogens is 557 g/mol. The molecule has 1 aromatic heterocycles. The van der Waals surface area contributed by atoms with Gasteiger partial charge in [-0.2, -0.15) is 0 Å². The summed E-state index contributed by atoms with van der Waals surface area (Å²) in [6, 6.07) is 8.09. The molecule has 0 aliphatic heterocycles. The molecule has 10 nitrogen and oxygen atoms in total. The van der Waals surface area contributed by atoms with E-state index in [2.05, 4.69) is 15.4 Å². The average Bonchev–Trinajstić information content (AvgIpc) is 2.84. The van der Waals surface area contributed by atoms with Gasteiger partial charge in [-0.15, -0.1) is 13.2 Å². The second kappa shape index (κ2) is 14.8. The molecule has 0 spiro atoms. The number of methoxy groups -OCH3 is 1. The summed E-state index contributed by atoms with van der Waals surface area (Å²) in [6.45, 7) is 1.52. The van der Waals surface area contributed by atoms with Crippen molar-refractivity contribution in [1.29, 1.82) is 0 Å². The molecule has 1 heterocycles. The zero-order valence-corrected chi connectivity index (χ0v) is 26.3. The smallest absolute Gasteiger partial charge is 0.871 e. The minimum absolute atomic E-state index is 0. The molecule has 40 heavy (non-hydrogen) atoms. The van der Waals surface area contributed by atoms with Crippen LogP contribution in [0.3, 0.4) is 0 Å². The van der Waals surface area contributed by atoms with E-state index in [1.54, 1.807) is 6.07 Å². The molecule has 0 saturated heterocycles. The van der Waals surface area contributed by atoms with Gasteiger partial charge in [0, 0.05) is 30.7 Å². The number of carboxylic acids is 1. The van der Waals surface area contributed by atoms with Crippen molar-refractivity contribution in [2.45, 2.75) is 25.7 Å². The number of carbonyl (C=O) groups excluding carboxylic acids is 2. The molecule has 2 aromatic carbocycles. The zero-order valence-electron chi connectivity index (χ0n) is 22.3. The molecule has 0 radical (unpaired) electrons. The van der Waals surface area contributed by atoms with Crippen molar-refractivity contribution in [2.75, 3.05) is 12.4 Å². The predicted molar refractivity (Wildman–Crippen MR) is 125 cm³/mol. The van der Waals surface area contributed by atoms with E-state index in [9.17, 15) is 37.8 Å². The predicted octanol–water partition coefficient (Wildman–Crippen LogP) is -3.65. The van der Waals surface area contributed by atoms with E-state index in [0.29, 0.717) is 11.4 Å². The number of nitrogens with zero attached hydrogens (tertiary/aromatic N) is 1. The quantitative estimate of drug-likeness (QED) is 0.262. The van der Waals surface area contributed by atoms with Crippen molar-refractivity contribution in [3.63, 3.8) is 0 Å². The van der Waals surface area contributed by atoms with Crippen molar-refractivity contribution in [3.8, 4) is 28.4 Å². The number of pyridine rings is 1. The molecule has 0 unspecified atom stereocenters. The number of aryl methyl sites for hydroxylation is 1. The number of aliphatic carboxylic acids is 1. The second-order valence-corrected chi connectivity index (χ2v) is 8.15. The number of rotatable bonds is 8. The molecule has 0 saturated carbocycles. The van der Waals surface area contributed by atoms with Gasteiger partial charge in [0.15, 0.2) is 0 Å². The molecule has 0 fully saturated rings. The van der Waals surface area contributed by atoms with Crippen LogP contribution in [0.25, 0.3) is 11.1 Å². The van der Waals surface area contributed by atoms with Crippen molar-refractivity contribution in [3.05, 3.63) is 70.1 Å². The Hall–Kier alpha value is -2.68. The van der Waals surface area contributed by atoms with E-state index in [0.717, 1.165) is 22.8 Å². The van der Waals surface area contributed by atoms with Crippen LogP contribution in [0.5, 0.6) is 17.2 Å². The number of urea groups is 1. The summed E-state index contributed by atoms with van der Waals surface area (Å²) >= 11 is 0. The third-order valence-electron chi connectivity index (χ3n) is 5.56. The number of aromatic nitrogens is 1. The SMILES string of the molecule is COc1cccc(-c2cc([C@H](CC(=O)[O-])NC(=O)Nc3c([O-])cc(C)n(C)c3=O)ccc2OC(F)(F)F)c1.[Na+].[Na+]. The molecule has 3 aromatic rings. The van der Waals surface area contributed by atoms with Gasteiger partial charge in [-0.3, -0.25) is 4.79 Å². The normalized spacial score (nSPS) is 11.3. The van der Waals surface area contributed by atoms with Crippen molar-refractivity contribution in [1.82, 2.24) is 9.88 Å². The molecule has 2 N–H and O–H groups in total. The summed E-state index contributed by atoms with van der Waals surface area (Å²) in [6.07, 6.45) is -5.80. The van der Waals surface area contributed by atoms with Gasteiger partial charge in [0.05, 0.1) is 13.2 Å². The molecule has 202 valence electrons. The first kappa shape index (κ1) is 35.3. The van der Waals surface area contributed by atoms with E-state index in [1.165, 1.54) is 45.3 Å². The molecule has 3 rings (SSSR count). The van der Waals surface area contributed by atoms with E-state index >= 15 is 0 Å². The Kier molecular flexibility index (Phi) is 13.1. The van der Waals surface area contributed by atoms with Crippen LogP contribution in [0, 0.1) is 6.92 Å². The van der Waals surface area contributed by atoms with Gasteiger partial charge in [0.2, 0.25) is 0 Å². The maximum absolute atomic E-state index is 13.1. The Morgan fingerprint density at radius 2 is 1.77 bits per heavy atom. The number of carbonyl (C=O) groups is 2. The van der Waals surface area contributed by atoms with Crippen LogP contribution in [-0.4, -0.2) is 30.0 Å². The Morgan fingerprint density at radius 3 is 2.38 bits per heavy atom. The Labute approximate surface area is 271 Å². The zero-order chi connectivity index (χ0) is 28.2. The van der Waals surface area contributed by atoms with Gasteiger partial charge in [-0.05, 0) is 48.4 Å². The summed E-state index contributed by atoms with van der Waals surface area (Å²) in [5, 5.41) is 28.1. The summed E-state index contributed by atoms with van der Waals surface area (Å²) in [5.41, 5.74) is -0.730. The number of carboxylic acid groups (broad SMARTS) is 1. The molecule has 15 heteroatoms. The van der Waals surface area contributed by atoms with E-state index < -0.39 is 53.6 Å². The maximum Gasteiger partial charge on any atom is 1.00 e. The van der Waals surface area contributed by atoms with E-state index in [4.69, 9.17) is 4.74 Å². The summed E-state index contributed by atoms with van der Waals surface area (Å²) in [4.78, 5) is 36.5. The minimum atomic E-state index is -5.02. The molecule has 0 aliphatic carbocycles. The number of amides is 2. The van der Waals surface area contributed by atoms with E-state index in [-0.39, 0.29) is 75.8 Å². The van der Waals surface area contributed by atoms with Crippen molar-refractivity contribution < 1.29 is 102 Å². The average molecular weight is 579 g/mol. The van der Waals surface area contributed by atoms with Crippen LogP contribution in [-0.2, 0) is 11.8 Å². The molecule has 1 atom stereocenters. The summed E-state index contributed by atoms with van der Waals surface area (Å²) in [5.74, 6) is -2.58. The number of hydrogen-bond acceptors (Lipinski definition) is 7. The van der Waals surface area contributed by atoms with Gasteiger partial charge in [0.25, 0.3) is 5.56 Å². The Morgan fingerprint density at radius 1 is 1.10 bits per heavy atom. The number of benzene rings is 2. The van der Waals surface area contributed by atoms with Crippen LogP contribution >= 0.6 is 0 Å². The first-order chi connectivity index (χ1) is 17.8. The number of alkyl halides is 3. The van der Waals surface area contributed by atoms with Gasteiger partial charge >= 0.3 is 71.5 Å². The first-order valence-electron chi connectivity index (χ1n) is 11.0. The number of ether oxygens (including phenoxy) is 2. The third-order valence-corrected chi connectivity index (χ3v) is 5.56. The van der Waals surface area contributed by atoms with Crippen LogP contribution < -0.4 is 95.0 Å². The first-order valence-corrected chi connectivity index (χ1v) is 11.0. The number of halogens is 3. The van der Waals surface area contributed by atoms with Gasteiger partial charge in [-0.1, -0.05) is 23.9 Å². The largest absolute Gasteiger partial charge is 1.00 e. The molecule has 0 bridgehead atoms. The van der Waals surface area contributed by atoms with Crippen LogP contribution in [0.15, 0.2) is 53.3 Å². The third kappa shape index (κ3) is 9.18. The molecular formula is C25H22F3N3Na2O7. The second-order valence-electron chi connectivity index (χ2n) is 8.15. The van der Waals surface area contributed by atoms with Crippen LogP contribution in [0.4, 0.5) is 23.7 Å². The van der Waals surface area contributed by atoms with Gasteiger partial charge in [-0.25, -0.2) is 4.79 Å². The number of nitrogens with one attached hydrogen (secondary N) is 2. The van der Waals surface area contributed by atoms with E-state index in [1.807, 2.05) is 0 Å². The fraction of sp³-hybridized carbons (Fsp3) is 0.240. The van der Waals surface area contributed by atoms with Gasteiger partial charge in [0.1, 0.15) is 17.2 Å². The Balaban J connectivity index is 0.00000400. The van der Waals surface area contributed by atoms with Crippen molar-refractivity contribution >= 4 is 17.7 Å². The minimum Gasteiger partial charge on any atom is -0.871 e. The van der Waals surface area contributed by atoms with Crippen LogP contribution in [0.2, 0.25) is 0 Å². The Bertz CT molecular complexity index is 1430. The fourth-order valence-electron chi connectivity index (χ4n) is 3.63. The molecule has 2 amide bonds. The standard InChI is InChI=1S/C25H24F3N3O7.2Na/c1-13-9-19(32)22(23(35)31(13)2)30-24(36)29-18(12-21(33)34)15-7-8-20(38-25(26,27)28)17(11-15)14-5-4-6-16(10-14)37-3;;/h4-11,18,32H,12H2,1-3H3,(H,33,34)(H2,29,30,36);;/q;2*+1/p-2/t18-;;/m0../s1. The summed E-state index contributed by atoms with van der Waals surface area (Å²) < 4.78 is 49.6. The fourth-order valence-corrected chi connectivity index (χ4v) is 3.63. The van der Waals surface area contributed by atoms with Gasteiger partial charge < -0.3 is 39.7 Å². The number of anilines is 1.